The van der Waals surface area contributed by atoms with Gasteiger partial charge in [0.15, 0.2) is 5.65 Å². The second-order valence-electron chi connectivity index (χ2n) is 4.60. The second-order valence-corrected chi connectivity index (χ2v) is 5.68. The fourth-order valence-electron chi connectivity index (χ4n) is 2.11. The molecule has 0 bridgehead atoms. The van der Waals surface area contributed by atoms with Crippen molar-refractivity contribution in [3.63, 3.8) is 0 Å². The van der Waals surface area contributed by atoms with Crippen molar-refractivity contribution in [1.82, 2.24) is 19.9 Å². The van der Waals surface area contributed by atoms with E-state index in [1.54, 1.807) is 0 Å². The highest BCUT2D eigenvalue weighted by Crippen LogP contribution is 2.34. The number of nitrogens with zero attached hydrogens (tertiary/aromatic N) is 3. The smallest absolute Gasteiger partial charge is 0.181 e. The van der Waals surface area contributed by atoms with Crippen LogP contribution in [0.1, 0.15) is 0 Å². The van der Waals surface area contributed by atoms with Gasteiger partial charge in [-0.2, -0.15) is 0 Å². The molecule has 0 amide bonds. The Bertz CT molecular complexity index is 623. The van der Waals surface area contributed by atoms with Crippen LogP contribution >= 0.6 is 11.8 Å². The predicted octanol–water partition coefficient (Wildman–Crippen LogP) is -1.76. The van der Waals surface area contributed by atoms with E-state index in [1.165, 1.54) is 12.7 Å². The molecule has 1 aliphatic heterocycles. The van der Waals surface area contributed by atoms with Crippen molar-refractivity contribution in [3.8, 4) is 0 Å². The number of aliphatic hydroxyl groups excluding tert-OH is 4. The van der Waals surface area contributed by atoms with Gasteiger partial charge < -0.3 is 30.1 Å². The van der Waals surface area contributed by atoms with Crippen LogP contribution in [-0.4, -0.2) is 76.8 Å². The van der Waals surface area contributed by atoms with E-state index in [1.807, 2.05) is 0 Å². The molecule has 2 aromatic heterocycles. The van der Waals surface area contributed by atoms with Crippen LogP contribution in [0.15, 0.2) is 17.7 Å². The molecule has 1 fully saturated rings. The zero-order valence-electron chi connectivity index (χ0n) is 10.7. The molecule has 21 heavy (non-hydrogen) atoms. The molecule has 2 aromatic rings. The van der Waals surface area contributed by atoms with Crippen molar-refractivity contribution in [2.24, 2.45) is 0 Å². The molecular weight excluding hydrogens is 300 g/mol. The van der Waals surface area contributed by atoms with Crippen molar-refractivity contribution in [1.29, 1.82) is 0 Å². The van der Waals surface area contributed by atoms with Crippen LogP contribution in [0.5, 0.6) is 0 Å². The molecule has 0 aliphatic carbocycles. The van der Waals surface area contributed by atoms with E-state index >= 15 is 0 Å². The summed E-state index contributed by atoms with van der Waals surface area (Å²) >= 11 is 1.05. The number of ether oxygens (including phenoxy) is 1. The maximum Gasteiger partial charge on any atom is 0.181 e. The van der Waals surface area contributed by atoms with E-state index in [9.17, 15) is 15.3 Å². The summed E-state index contributed by atoms with van der Waals surface area (Å²) in [5, 5.41) is 39.1. The lowest BCUT2D eigenvalue weighted by Crippen LogP contribution is -2.57. The number of fused-ring (bicyclic) bond motifs is 1. The Kier molecular flexibility index (Phi) is 4.06. The van der Waals surface area contributed by atoms with Crippen molar-refractivity contribution < 1.29 is 25.2 Å². The fourth-order valence-corrected chi connectivity index (χ4v) is 3.20. The number of hydrogen-bond donors (Lipinski definition) is 5. The minimum atomic E-state index is -1.41. The largest absolute Gasteiger partial charge is 0.394 e. The predicted molar refractivity (Wildman–Crippen MR) is 71.3 cm³/mol. The van der Waals surface area contributed by atoms with E-state index in [2.05, 4.69) is 19.9 Å². The molecule has 5 N–H and O–H groups in total. The fraction of sp³-hybridized carbons (Fsp3) is 0.545. The van der Waals surface area contributed by atoms with Gasteiger partial charge in [0.1, 0.15) is 46.7 Å². The Morgan fingerprint density at radius 2 is 1.95 bits per heavy atom. The van der Waals surface area contributed by atoms with Gasteiger partial charge in [0.05, 0.1) is 12.9 Å². The highest BCUT2D eigenvalue weighted by molar-refractivity contribution is 8.00. The zero-order chi connectivity index (χ0) is 15.0. The van der Waals surface area contributed by atoms with Crippen LogP contribution in [0.25, 0.3) is 11.2 Å². The SMILES string of the molecule is OC[C@@H]1O[C@H](Sc2ncnc3nc[nH]c23)[C@@H](O)[C@H](O)[C@@H]1O. The lowest BCUT2D eigenvalue weighted by Gasteiger charge is -2.39. The van der Waals surface area contributed by atoms with Crippen LogP contribution in [0.3, 0.4) is 0 Å². The van der Waals surface area contributed by atoms with Crippen LogP contribution < -0.4 is 0 Å². The van der Waals surface area contributed by atoms with Gasteiger partial charge >= 0.3 is 0 Å². The molecule has 0 unspecified atom stereocenters. The van der Waals surface area contributed by atoms with Crippen molar-refractivity contribution in [3.05, 3.63) is 12.7 Å². The lowest BCUT2D eigenvalue weighted by molar-refractivity contribution is -0.205. The molecule has 3 heterocycles. The van der Waals surface area contributed by atoms with Gasteiger partial charge in [-0.05, 0) is 0 Å². The molecule has 0 saturated carbocycles. The quantitative estimate of drug-likeness (QED) is 0.416. The molecular formula is C11H14N4O5S. The summed E-state index contributed by atoms with van der Waals surface area (Å²) in [7, 11) is 0. The van der Waals surface area contributed by atoms with Crippen LogP contribution in [-0.2, 0) is 4.74 Å². The van der Waals surface area contributed by atoms with E-state index in [4.69, 9.17) is 9.84 Å². The summed E-state index contributed by atoms with van der Waals surface area (Å²) in [6, 6.07) is 0. The van der Waals surface area contributed by atoms with Gasteiger partial charge in [-0.25, -0.2) is 15.0 Å². The van der Waals surface area contributed by atoms with Gasteiger partial charge in [-0.3, -0.25) is 0 Å². The molecule has 0 radical (unpaired) electrons. The second kappa shape index (κ2) is 5.83. The number of hydrogen-bond acceptors (Lipinski definition) is 9. The maximum atomic E-state index is 10.00. The third-order valence-electron chi connectivity index (χ3n) is 3.26. The monoisotopic (exact) mass is 314 g/mol. The first-order chi connectivity index (χ1) is 10.1. The summed E-state index contributed by atoms with van der Waals surface area (Å²) in [5.74, 6) is 0. The van der Waals surface area contributed by atoms with Gasteiger partial charge in [-0.15, -0.1) is 0 Å². The molecule has 114 valence electrons. The number of aromatic amines is 1. The first-order valence-electron chi connectivity index (χ1n) is 6.23. The molecule has 0 spiro atoms. The Balaban J connectivity index is 1.85. The molecule has 1 aliphatic rings. The average molecular weight is 314 g/mol. The van der Waals surface area contributed by atoms with Crippen molar-refractivity contribution in [2.75, 3.05) is 6.61 Å². The van der Waals surface area contributed by atoms with Crippen molar-refractivity contribution >= 4 is 22.9 Å². The number of nitrogens with one attached hydrogen (secondary N) is 1. The Morgan fingerprint density at radius 1 is 1.14 bits per heavy atom. The summed E-state index contributed by atoms with van der Waals surface area (Å²) in [6.07, 6.45) is -2.25. The molecule has 0 aromatic carbocycles. The summed E-state index contributed by atoms with van der Waals surface area (Å²) in [4.78, 5) is 14.9. The van der Waals surface area contributed by atoms with Crippen LogP contribution in [0.4, 0.5) is 0 Å². The third-order valence-corrected chi connectivity index (χ3v) is 4.42. The van der Waals surface area contributed by atoms with Gasteiger partial charge in [-0.1, -0.05) is 11.8 Å². The summed E-state index contributed by atoms with van der Waals surface area (Å²) in [5.41, 5.74) is 0.165. The standard InChI is InChI=1S/C11H14N4O5S/c16-1-4-6(17)7(18)8(19)11(20-4)21-10-5-9(13-2-12-5)14-3-15-10/h2-4,6-8,11,16-19H,1H2,(H,12,13,14,15)/t4-,6+,7+,8-,11+/m0/s1. The van der Waals surface area contributed by atoms with E-state index in [-0.39, 0.29) is 0 Å². The molecule has 5 atom stereocenters. The number of thioether (sulfide) groups is 1. The van der Waals surface area contributed by atoms with E-state index in [0.29, 0.717) is 16.2 Å². The van der Waals surface area contributed by atoms with Gasteiger partial charge in [0.25, 0.3) is 0 Å². The zero-order valence-corrected chi connectivity index (χ0v) is 11.5. The first-order valence-corrected chi connectivity index (χ1v) is 7.11. The number of H-pyrrole nitrogens is 1. The van der Waals surface area contributed by atoms with Gasteiger partial charge in [0, 0.05) is 0 Å². The number of aliphatic hydroxyl groups is 4. The minimum Gasteiger partial charge on any atom is -0.394 e. The molecule has 10 heteroatoms. The molecule has 9 nitrogen and oxygen atoms in total. The number of imidazole rings is 1. The average Bonchev–Trinajstić information content (AvgIpc) is 2.97. The lowest BCUT2D eigenvalue weighted by atomic mass is 10.0. The molecule has 3 rings (SSSR count). The Labute approximate surface area is 123 Å². The summed E-state index contributed by atoms with van der Waals surface area (Å²) < 4.78 is 5.42. The van der Waals surface area contributed by atoms with E-state index < -0.39 is 36.5 Å². The van der Waals surface area contributed by atoms with Crippen LogP contribution in [0.2, 0.25) is 0 Å². The Hall–Kier alpha value is -1.30. The molecule has 1 saturated heterocycles. The van der Waals surface area contributed by atoms with Crippen molar-refractivity contribution in [2.45, 2.75) is 34.9 Å². The highest BCUT2D eigenvalue weighted by atomic mass is 32.2. The minimum absolute atomic E-state index is 0.467. The highest BCUT2D eigenvalue weighted by Gasteiger charge is 2.44. The maximum absolute atomic E-state index is 10.00. The first kappa shape index (κ1) is 14.6. The number of aromatic nitrogens is 4. The van der Waals surface area contributed by atoms with Gasteiger partial charge in [0.2, 0.25) is 0 Å². The third kappa shape index (κ3) is 2.61. The van der Waals surface area contributed by atoms with E-state index in [0.717, 1.165) is 11.8 Å². The summed E-state index contributed by atoms with van der Waals surface area (Å²) in [6.45, 7) is -0.467. The topological polar surface area (TPSA) is 145 Å². The number of rotatable bonds is 3. The normalized spacial score (nSPS) is 33.4. The Morgan fingerprint density at radius 3 is 2.71 bits per heavy atom. The van der Waals surface area contributed by atoms with Crippen LogP contribution in [0, 0.1) is 0 Å².